The maximum absolute atomic E-state index is 8.52. The molecule has 131 valence electrons. The summed E-state index contributed by atoms with van der Waals surface area (Å²) in [6.07, 6.45) is 0. The van der Waals surface area contributed by atoms with Gasteiger partial charge >= 0.3 is 50.7 Å². The topological polar surface area (TPSA) is 60.7 Å². The van der Waals surface area contributed by atoms with E-state index in [0.29, 0.717) is 0 Å². The SMILES string of the molecule is CC(C)(C)O.CC(C)(C)O.CC(C)(C)O.C[Si](C)(C)[C]#[W]. The molecule has 0 saturated carbocycles. The molecule has 0 aliphatic carbocycles. The Morgan fingerprint density at radius 2 is 0.667 bits per heavy atom. The van der Waals surface area contributed by atoms with Crippen LogP contribution in [0.2, 0.25) is 19.6 Å². The Bertz CT molecular complexity index is 224. The van der Waals surface area contributed by atoms with Crippen LogP contribution in [0.3, 0.4) is 0 Å². The van der Waals surface area contributed by atoms with Gasteiger partial charge in [-0.25, -0.2) is 0 Å². The molecule has 0 fully saturated rings. The molecule has 0 rings (SSSR count). The van der Waals surface area contributed by atoms with E-state index in [9.17, 15) is 0 Å². The van der Waals surface area contributed by atoms with Crippen molar-refractivity contribution in [1.29, 1.82) is 0 Å². The van der Waals surface area contributed by atoms with E-state index in [1.165, 1.54) is 19.2 Å². The van der Waals surface area contributed by atoms with Crippen LogP contribution in [-0.4, -0.2) is 40.2 Å². The summed E-state index contributed by atoms with van der Waals surface area (Å²) in [5.41, 5.74) is -1.50. The van der Waals surface area contributed by atoms with Gasteiger partial charge in [-0.1, -0.05) is 0 Å². The third-order valence-corrected chi connectivity index (χ3v) is 7.52. The Morgan fingerprint density at radius 1 is 0.619 bits per heavy atom. The van der Waals surface area contributed by atoms with Crippen LogP contribution >= 0.6 is 0 Å². The fourth-order valence-electron chi connectivity index (χ4n) is 0. The van der Waals surface area contributed by atoms with Gasteiger partial charge < -0.3 is 15.3 Å². The monoisotopic (exact) mass is 491 g/mol. The Balaban J connectivity index is -0.0000000921. The van der Waals surface area contributed by atoms with Gasteiger partial charge in [0.05, 0.1) is 16.8 Å². The van der Waals surface area contributed by atoms with Crippen molar-refractivity contribution in [3.63, 3.8) is 0 Å². The number of rotatable bonds is 0. The van der Waals surface area contributed by atoms with Gasteiger partial charge in [-0.15, -0.1) is 0 Å². The molecular weight excluding hydrogens is 452 g/mol. The van der Waals surface area contributed by atoms with Crippen LogP contribution in [0.5, 0.6) is 0 Å². The molecule has 0 heterocycles. The van der Waals surface area contributed by atoms with Gasteiger partial charge in [0.1, 0.15) is 0 Å². The summed E-state index contributed by atoms with van der Waals surface area (Å²) in [5.74, 6) is 0. The van der Waals surface area contributed by atoms with Crippen molar-refractivity contribution in [3.8, 4) is 3.83 Å². The number of aliphatic hydroxyl groups is 3. The van der Waals surface area contributed by atoms with E-state index in [1.807, 2.05) is 0 Å². The number of hydrogen-bond acceptors (Lipinski definition) is 3. The van der Waals surface area contributed by atoms with Crippen LogP contribution in [0, 0.1) is 3.83 Å². The minimum atomic E-state index is -0.844. The van der Waals surface area contributed by atoms with Crippen molar-refractivity contribution in [1.82, 2.24) is 0 Å². The fraction of sp³-hybridized carbons (Fsp3) is 0.938. The molecule has 0 aromatic rings. The van der Waals surface area contributed by atoms with E-state index in [-0.39, 0.29) is 0 Å². The summed E-state index contributed by atoms with van der Waals surface area (Å²) in [6.45, 7) is 22.6. The average molecular weight is 491 g/mol. The molecule has 3 N–H and O–H groups in total. The van der Waals surface area contributed by atoms with Crippen LogP contribution in [0.4, 0.5) is 0 Å². The molecule has 5 heteroatoms. The molecule has 3 nitrogen and oxygen atoms in total. The van der Waals surface area contributed by atoms with E-state index < -0.39 is 24.9 Å². The molecule has 0 radical (unpaired) electrons. The summed E-state index contributed by atoms with van der Waals surface area (Å²) in [7, 11) is -0.844. The van der Waals surface area contributed by atoms with Gasteiger partial charge in [0.25, 0.3) is 0 Å². The van der Waals surface area contributed by atoms with Crippen molar-refractivity contribution in [2.24, 2.45) is 0 Å². The van der Waals surface area contributed by atoms with Gasteiger partial charge in [0.2, 0.25) is 0 Å². The predicted octanol–water partition coefficient (Wildman–Crippen LogP) is 3.70. The molecular formula is C16H39O3SiW. The molecule has 0 aromatic carbocycles. The van der Waals surface area contributed by atoms with Gasteiger partial charge in [-0.2, -0.15) is 0 Å². The maximum atomic E-state index is 8.52. The molecule has 0 unspecified atom stereocenters. The molecule has 0 aromatic heterocycles. The Hall–Kier alpha value is 0.565. The molecule has 0 atom stereocenters. The summed E-state index contributed by atoms with van der Waals surface area (Å²) in [5, 5.41) is 25.6. The summed E-state index contributed by atoms with van der Waals surface area (Å²) in [6, 6.07) is 0. The van der Waals surface area contributed by atoms with Crippen molar-refractivity contribution >= 4 is 8.07 Å². The van der Waals surface area contributed by atoms with Crippen LogP contribution in [0.1, 0.15) is 62.3 Å². The zero-order chi connectivity index (χ0) is 18.7. The van der Waals surface area contributed by atoms with E-state index in [1.54, 1.807) is 62.3 Å². The zero-order valence-electron chi connectivity index (χ0n) is 16.2. The summed E-state index contributed by atoms with van der Waals surface area (Å²) < 4.78 is 3.33. The van der Waals surface area contributed by atoms with Crippen molar-refractivity contribution in [2.45, 2.75) is 98.8 Å². The second kappa shape index (κ2) is 12.0. The Morgan fingerprint density at radius 3 is 0.667 bits per heavy atom. The second-order valence-corrected chi connectivity index (χ2v) is 15.8. The van der Waals surface area contributed by atoms with Crippen LogP contribution in [0.15, 0.2) is 0 Å². The van der Waals surface area contributed by atoms with Crippen LogP contribution in [0.25, 0.3) is 0 Å². The molecule has 0 saturated heterocycles. The predicted molar refractivity (Wildman–Crippen MR) is 93.1 cm³/mol. The fourth-order valence-corrected chi connectivity index (χ4v) is 0. The van der Waals surface area contributed by atoms with E-state index in [2.05, 4.69) is 23.5 Å². The van der Waals surface area contributed by atoms with Crippen molar-refractivity contribution in [3.05, 3.63) is 0 Å². The van der Waals surface area contributed by atoms with Gasteiger partial charge in [0.15, 0.2) is 0 Å². The summed E-state index contributed by atoms with van der Waals surface area (Å²) in [4.78, 5) is 0. The number of hydrogen-bond donors (Lipinski definition) is 3. The molecule has 0 aliphatic heterocycles. The Kier molecular flexibility index (Phi) is 17.0. The second-order valence-electron chi connectivity index (χ2n) is 8.86. The standard InChI is InChI=1S/3C4H10O.C4H9Si.W/c3*1-4(2,3)5;1-5(2,3)4;/h3*5H,1-3H3;1-3H3;. The third kappa shape index (κ3) is 558. The van der Waals surface area contributed by atoms with E-state index in [0.717, 1.165) is 0 Å². The minimum absolute atomic E-state index is 0.500. The summed E-state index contributed by atoms with van der Waals surface area (Å²) >= 11 is 1.50. The average Bonchev–Trinajstić information content (AvgIpc) is 1.91. The normalized spacial score (nSPS) is 11.5. The molecule has 0 bridgehead atoms. The van der Waals surface area contributed by atoms with Crippen molar-refractivity contribution < 1.29 is 34.5 Å². The zero-order valence-corrected chi connectivity index (χ0v) is 20.2. The quantitative estimate of drug-likeness (QED) is 0.453. The van der Waals surface area contributed by atoms with Crippen LogP contribution < -0.4 is 0 Å². The van der Waals surface area contributed by atoms with E-state index in [4.69, 9.17) is 15.3 Å². The molecule has 0 spiro atoms. The van der Waals surface area contributed by atoms with Gasteiger partial charge in [0, 0.05) is 0 Å². The first-order valence-electron chi connectivity index (χ1n) is 7.12. The molecule has 0 aliphatic rings. The molecule has 0 amide bonds. The van der Waals surface area contributed by atoms with Crippen molar-refractivity contribution in [2.75, 3.05) is 0 Å². The first kappa shape index (κ1) is 29.6. The third-order valence-electron chi connectivity index (χ3n) is 0.306. The first-order chi connectivity index (χ1) is 8.56. The van der Waals surface area contributed by atoms with Gasteiger partial charge in [-0.05, 0) is 62.3 Å². The van der Waals surface area contributed by atoms with Gasteiger partial charge in [-0.3, -0.25) is 0 Å². The van der Waals surface area contributed by atoms with E-state index >= 15 is 0 Å². The first-order valence-corrected chi connectivity index (χ1v) is 12.1. The Labute approximate surface area is 145 Å². The van der Waals surface area contributed by atoms with Crippen LogP contribution in [-0.2, 0) is 19.2 Å². The molecule has 21 heavy (non-hydrogen) atoms.